The van der Waals surface area contributed by atoms with Crippen molar-refractivity contribution in [3.8, 4) is 5.75 Å². The number of likely N-dealkylation sites (tertiary alicyclic amines) is 1. The molecular formula is C26H43ClN2O8SSi. The summed E-state index contributed by atoms with van der Waals surface area (Å²) in [6.45, 7) is 11.8. The largest absolute Gasteiger partial charge is 0.497 e. The standard InChI is InChI=1S/C26H43ClN2O8SSi/c1-19(30)36-17-21-15-23(28(38(6,32)33)16-20-9-11-22(34-5)12-10-20)24(29(21)25(31)35-14-13-27)18-37-39(7,8)26(2,3)4/h9-12,21,23-24H,13-18H2,1-8H3/t21?,23-,24-/m0/s1. The number of hydrogen-bond donors (Lipinski definition) is 0. The molecule has 0 aliphatic carbocycles. The van der Waals surface area contributed by atoms with E-state index >= 15 is 0 Å². The molecule has 222 valence electrons. The summed E-state index contributed by atoms with van der Waals surface area (Å²) in [5, 5.41) is -0.109. The molecule has 10 nitrogen and oxygen atoms in total. The topological polar surface area (TPSA) is 112 Å². The van der Waals surface area contributed by atoms with Gasteiger partial charge in [0.25, 0.3) is 0 Å². The lowest BCUT2D eigenvalue weighted by atomic mass is 10.1. The summed E-state index contributed by atoms with van der Waals surface area (Å²) >= 11 is 5.77. The van der Waals surface area contributed by atoms with Crippen molar-refractivity contribution in [1.29, 1.82) is 0 Å². The van der Waals surface area contributed by atoms with E-state index in [0.717, 1.165) is 11.8 Å². The van der Waals surface area contributed by atoms with Crippen LogP contribution in [-0.4, -0.2) is 95.2 Å². The second kappa shape index (κ2) is 13.7. The lowest BCUT2D eigenvalue weighted by molar-refractivity contribution is -0.142. The third-order valence-electron chi connectivity index (χ3n) is 7.42. The smallest absolute Gasteiger partial charge is 0.410 e. The van der Waals surface area contributed by atoms with Crippen LogP contribution in [0.2, 0.25) is 18.1 Å². The van der Waals surface area contributed by atoms with Gasteiger partial charge in [0.15, 0.2) is 8.32 Å². The lowest BCUT2D eigenvalue weighted by Gasteiger charge is -2.40. The van der Waals surface area contributed by atoms with Crippen LogP contribution in [0.25, 0.3) is 0 Å². The van der Waals surface area contributed by atoms with E-state index in [0.29, 0.717) is 5.75 Å². The Morgan fingerprint density at radius 2 is 1.74 bits per heavy atom. The van der Waals surface area contributed by atoms with Crippen LogP contribution in [0.4, 0.5) is 4.79 Å². The molecule has 1 heterocycles. The summed E-state index contributed by atoms with van der Waals surface area (Å²) in [4.78, 5) is 26.4. The zero-order valence-electron chi connectivity index (χ0n) is 24.2. The molecule has 39 heavy (non-hydrogen) atoms. The molecule has 0 radical (unpaired) electrons. The van der Waals surface area contributed by atoms with E-state index in [4.69, 9.17) is 30.2 Å². The van der Waals surface area contributed by atoms with E-state index in [2.05, 4.69) is 33.9 Å². The number of ether oxygens (including phenoxy) is 3. The Morgan fingerprint density at radius 3 is 2.23 bits per heavy atom. The molecule has 1 aliphatic heterocycles. The van der Waals surface area contributed by atoms with Gasteiger partial charge in [-0.25, -0.2) is 13.2 Å². The number of amides is 1. The molecule has 1 unspecified atom stereocenters. The lowest BCUT2D eigenvalue weighted by Crippen LogP contribution is -2.54. The monoisotopic (exact) mass is 606 g/mol. The van der Waals surface area contributed by atoms with Crippen LogP contribution in [-0.2, 0) is 35.3 Å². The van der Waals surface area contributed by atoms with Gasteiger partial charge >= 0.3 is 12.1 Å². The number of nitrogens with zero attached hydrogens (tertiary/aromatic N) is 2. The molecule has 0 bridgehead atoms. The van der Waals surface area contributed by atoms with Gasteiger partial charge in [-0.05, 0) is 42.2 Å². The van der Waals surface area contributed by atoms with Crippen LogP contribution < -0.4 is 4.74 Å². The third kappa shape index (κ3) is 9.07. The average molecular weight is 607 g/mol. The van der Waals surface area contributed by atoms with E-state index in [1.807, 2.05) is 0 Å². The molecule has 1 saturated heterocycles. The van der Waals surface area contributed by atoms with Gasteiger partial charge in [0.2, 0.25) is 10.0 Å². The van der Waals surface area contributed by atoms with Gasteiger partial charge in [-0.15, -0.1) is 11.6 Å². The minimum atomic E-state index is -3.75. The second-order valence-electron chi connectivity index (χ2n) is 11.3. The molecule has 2 rings (SSSR count). The molecule has 0 aromatic heterocycles. The first-order valence-corrected chi connectivity index (χ1v) is 18.2. The maximum absolute atomic E-state index is 13.3. The van der Waals surface area contributed by atoms with E-state index in [-0.39, 0.29) is 43.7 Å². The Morgan fingerprint density at radius 1 is 1.13 bits per heavy atom. The Balaban J connectivity index is 2.54. The van der Waals surface area contributed by atoms with Crippen molar-refractivity contribution in [2.75, 3.05) is 39.1 Å². The highest BCUT2D eigenvalue weighted by atomic mass is 35.5. The van der Waals surface area contributed by atoms with Crippen molar-refractivity contribution in [3.05, 3.63) is 29.8 Å². The van der Waals surface area contributed by atoms with E-state index < -0.39 is 48.5 Å². The van der Waals surface area contributed by atoms with Crippen LogP contribution in [0.5, 0.6) is 5.75 Å². The van der Waals surface area contributed by atoms with Crippen LogP contribution in [0, 0.1) is 0 Å². The van der Waals surface area contributed by atoms with Gasteiger partial charge < -0.3 is 18.6 Å². The summed E-state index contributed by atoms with van der Waals surface area (Å²) < 4.78 is 50.2. The van der Waals surface area contributed by atoms with Crippen molar-refractivity contribution >= 4 is 42.0 Å². The summed E-state index contributed by atoms with van der Waals surface area (Å²) in [6.07, 6.45) is 0.729. The number of hydrogen-bond acceptors (Lipinski definition) is 8. The van der Waals surface area contributed by atoms with E-state index in [9.17, 15) is 18.0 Å². The van der Waals surface area contributed by atoms with Gasteiger partial charge in [0.05, 0.1) is 44.0 Å². The van der Waals surface area contributed by atoms with Crippen molar-refractivity contribution in [1.82, 2.24) is 9.21 Å². The van der Waals surface area contributed by atoms with Crippen LogP contribution in [0.1, 0.15) is 39.7 Å². The van der Waals surface area contributed by atoms with E-state index in [1.54, 1.807) is 31.4 Å². The van der Waals surface area contributed by atoms with Gasteiger partial charge in [0, 0.05) is 13.5 Å². The Bertz CT molecular complexity index is 1080. The number of alkyl halides is 1. The van der Waals surface area contributed by atoms with Gasteiger partial charge in [-0.1, -0.05) is 32.9 Å². The van der Waals surface area contributed by atoms with Gasteiger partial charge in [-0.2, -0.15) is 4.31 Å². The zero-order valence-corrected chi connectivity index (χ0v) is 26.8. The van der Waals surface area contributed by atoms with E-state index in [1.165, 1.54) is 16.1 Å². The number of esters is 1. The molecule has 13 heteroatoms. The fourth-order valence-corrected chi connectivity index (χ4v) is 6.45. The maximum atomic E-state index is 13.3. The zero-order chi connectivity index (χ0) is 29.6. The Hall–Kier alpha value is -1.86. The fraction of sp³-hybridized carbons (Fsp3) is 0.692. The summed E-state index contributed by atoms with van der Waals surface area (Å²) in [5.41, 5.74) is 0.755. The number of benzene rings is 1. The average Bonchev–Trinajstić information content (AvgIpc) is 3.20. The molecule has 1 fully saturated rings. The first-order valence-electron chi connectivity index (χ1n) is 12.9. The molecule has 1 amide bonds. The van der Waals surface area contributed by atoms with Gasteiger partial charge in [-0.3, -0.25) is 9.69 Å². The molecule has 1 aromatic carbocycles. The van der Waals surface area contributed by atoms with Crippen molar-refractivity contribution < 1.29 is 36.6 Å². The first-order chi connectivity index (χ1) is 18.0. The normalized spacial score (nSPS) is 20.3. The number of sulfonamides is 1. The number of methoxy groups -OCH3 is 1. The predicted octanol–water partition coefficient (Wildman–Crippen LogP) is 4.23. The van der Waals surface area contributed by atoms with Crippen molar-refractivity contribution in [2.45, 2.75) is 76.9 Å². The number of rotatable bonds is 12. The maximum Gasteiger partial charge on any atom is 0.410 e. The van der Waals surface area contributed by atoms with Crippen molar-refractivity contribution in [3.63, 3.8) is 0 Å². The highest BCUT2D eigenvalue weighted by Crippen LogP contribution is 2.39. The fourth-order valence-electron chi connectivity index (χ4n) is 4.25. The van der Waals surface area contributed by atoms with Crippen LogP contribution >= 0.6 is 11.6 Å². The van der Waals surface area contributed by atoms with Crippen LogP contribution in [0.15, 0.2) is 24.3 Å². The molecule has 3 atom stereocenters. The highest BCUT2D eigenvalue weighted by Gasteiger charge is 2.50. The Kier molecular flexibility index (Phi) is 11.7. The highest BCUT2D eigenvalue weighted by molar-refractivity contribution is 7.88. The van der Waals surface area contributed by atoms with Gasteiger partial charge in [0.1, 0.15) is 19.0 Å². The van der Waals surface area contributed by atoms with Crippen LogP contribution in [0.3, 0.4) is 0 Å². The minimum Gasteiger partial charge on any atom is -0.497 e. The molecule has 1 aromatic rings. The third-order valence-corrected chi connectivity index (χ3v) is 13.3. The molecule has 0 spiro atoms. The molecule has 1 aliphatic rings. The summed E-state index contributed by atoms with van der Waals surface area (Å²) in [6, 6.07) is 5.18. The number of carbonyl (C=O) groups excluding carboxylic acids is 2. The first kappa shape index (κ1) is 33.3. The Labute approximate surface area is 239 Å². The SMILES string of the molecule is COc1ccc(CN([C@H]2CC(COC(C)=O)N(C(=O)OCCCl)[C@H]2CO[Si](C)(C)C(C)(C)C)S(C)(=O)=O)cc1. The molecule has 0 N–H and O–H groups in total. The quantitative estimate of drug-likeness (QED) is 0.197. The number of carbonyl (C=O) groups is 2. The van der Waals surface area contributed by atoms with Crippen molar-refractivity contribution in [2.24, 2.45) is 0 Å². The minimum absolute atomic E-state index is 0.0146. The number of halogens is 1. The summed E-state index contributed by atoms with van der Waals surface area (Å²) in [5.74, 6) is 0.260. The predicted molar refractivity (Wildman–Crippen MR) is 153 cm³/mol. The molecular weight excluding hydrogens is 564 g/mol. The summed E-state index contributed by atoms with van der Waals surface area (Å²) in [7, 11) is -4.47. The second-order valence-corrected chi connectivity index (χ2v) is 18.4. The molecule has 0 saturated carbocycles.